The van der Waals surface area contributed by atoms with Crippen molar-refractivity contribution in [2.24, 2.45) is 0 Å². The number of ketones is 1. The molecule has 4 N–H and O–H groups in total. The van der Waals surface area contributed by atoms with Crippen molar-refractivity contribution in [3.8, 4) is 34.5 Å². The van der Waals surface area contributed by atoms with Crippen molar-refractivity contribution in [2.45, 2.75) is 31.8 Å². The van der Waals surface area contributed by atoms with E-state index in [0.717, 1.165) is 0 Å². The molecule has 0 aliphatic carbocycles. The van der Waals surface area contributed by atoms with Gasteiger partial charge in [-0.1, -0.05) is 0 Å². The lowest BCUT2D eigenvalue weighted by atomic mass is 9.76. The quantitative estimate of drug-likeness (QED) is 0.567. The zero-order chi connectivity index (χ0) is 21.3. The van der Waals surface area contributed by atoms with E-state index in [1.165, 1.54) is 40.2 Å². The van der Waals surface area contributed by atoms with Gasteiger partial charge in [0.15, 0.2) is 34.4 Å². The van der Waals surface area contributed by atoms with Gasteiger partial charge in [0.1, 0.15) is 0 Å². The van der Waals surface area contributed by atoms with Crippen LogP contribution >= 0.6 is 0 Å². The number of phenols is 3. The van der Waals surface area contributed by atoms with E-state index in [2.05, 4.69) is 0 Å². The Balaban J connectivity index is 2.10. The Bertz CT molecular complexity index is 1060. The molecule has 154 valence electrons. The van der Waals surface area contributed by atoms with Gasteiger partial charge in [-0.2, -0.15) is 0 Å². The Kier molecular flexibility index (Phi) is 3.91. The molecule has 2 aliphatic heterocycles. The molecule has 2 aromatic carbocycles. The first-order valence-corrected chi connectivity index (χ1v) is 8.74. The molecule has 29 heavy (non-hydrogen) atoms. The molecule has 2 bridgehead atoms. The Labute approximate surface area is 165 Å². The zero-order valence-corrected chi connectivity index (χ0v) is 16.2. The molecule has 9 nitrogen and oxygen atoms in total. The lowest BCUT2D eigenvalue weighted by Crippen LogP contribution is -2.55. The number of methoxy groups -OCH3 is 2. The molecule has 0 saturated carbocycles. The summed E-state index contributed by atoms with van der Waals surface area (Å²) in [6.45, 7) is 2.46. The Morgan fingerprint density at radius 2 is 1.59 bits per heavy atom. The monoisotopic (exact) mass is 404 g/mol. The highest BCUT2D eigenvalue weighted by molar-refractivity contribution is 6.07. The van der Waals surface area contributed by atoms with Crippen LogP contribution in [0.5, 0.6) is 34.5 Å². The number of hydrogen-bond donors (Lipinski definition) is 4. The molecule has 0 radical (unpaired) electrons. The number of benzene rings is 2. The van der Waals surface area contributed by atoms with E-state index in [1.807, 2.05) is 0 Å². The van der Waals surface area contributed by atoms with Gasteiger partial charge < -0.3 is 39.4 Å². The molecule has 0 saturated heterocycles. The molecule has 0 aromatic heterocycles. The third-order valence-corrected chi connectivity index (χ3v) is 5.46. The van der Waals surface area contributed by atoms with Crippen molar-refractivity contribution in [1.29, 1.82) is 0 Å². The largest absolute Gasteiger partial charge is 0.504 e. The second-order valence-corrected chi connectivity index (χ2v) is 7.16. The summed E-state index contributed by atoms with van der Waals surface area (Å²) in [6, 6.07) is 2.69. The van der Waals surface area contributed by atoms with E-state index in [-0.39, 0.29) is 45.3 Å². The minimum absolute atomic E-state index is 0.0262. The van der Waals surface area contributed by atoms with Crippen LogP contribution in [0.25, 0.3) is 0 Å². The third-order valence-electron chi connectivity index (χ3n) is 5.46. The number of ether oxygens (including phenoxy) is 4. The van der Waals surface area contributed by atoms with Crippen LogP contribution in [0.15, 0.2) is 12.1 Å². The third kappa shape index (κ3) is 2.25. The van der Waals surface area contributed by atoms with E-state index in [0.29, 0.717) is 0 Å². The van der Waals surface area contributed by atoms with E-state index in [1.54, 1.807) is 0 Å². The summed E-state index contributed by atoms with van der Waals surface area (Å²) >= 11 is 0. The van der Waals surface area contributed by atoms with E-state index < -0.39 is 35.3 Å². The Morgan fingerprint density at radius 1 is 0.966 bits per heavy atom. The van der Waals surface area contributed by atoms with Crippen molar-refractivity contribution in [1.82, 2.24) is 0 Å². The standard InChI is InChI=1S/C20H20O9/c1-19-12-8(7-21)5-10(26-3)15(23)17(12)28-20(2,29-19)13-9(18(19)25)6-11(27-4)14(22)16(13)24/h5-6,21-24H,7H2,1-4H3/t19-,20-/m1/s1. The maximum Gasteiger partial charge on any atom is 0.240 e. The molecule has 0 amide bonds. The highest BCUT2D eigenvalue weighted by Gasteiger charge is 2.59. The Hall–Kier alpha value is -3.17. The van der Waals surface area contributed by atoms with Crippen molar-refractivity contribution < 1.29 is 44.2 Å². The van der Waals surface area contributed by atoms with Crippen LogP contribution in [0.4, 0.5) is 0 Å². The molecule has 2 aliphatic rings. The van der Waals surface area contributed by atoms with Crippen LogP contribution in [0, 0.1) is 0 Å². The molecular weight excluding hydrogens is 384 g/mol. The van der Waals surface area contributed by atoms with Crippen molar-refractivity contribution >= 4 is 5.78 Å². The minimum Gasteiger partial charge on any atom is -0.504 e. The Morgan fingerprint density at radius 3 is 2.17 bits per heavy atom. The normalized spacial score (nSPS) is 24.4. The van der Waals surface area contributed by atoms with Gasteiger partial charge >= 0.3 is 0 Å². The topological polar surface area (TPSA) is 135 Å². The number of aromatic hydroxyl groups is 3. The van der Waals surface area contributed by atoms with Gasteiger partial charge in [-0.15, -0.1) is 0 Å². The van der Waals surface area contributed by atoms with E-state index in [9.17, 15) is 25.2 Å². The first-order valence-electron chi connectivity index (χ1n) is 8.74. The smallest absolute Gasteiger partial charge is 0.240 e. The molecule has 9 heteroatoms. The molecule has 0 spiro atoms. The van der Waals surface area contributed by atoms with Crippen LogP contribution in [0.2, 0.25) is 0 Å². The average Bonchev–Trinajstić information content (AvgIpc) is 2.69. The SMILES string of the molecule is COc1cc2c(c(O)c1O)[C@]1(C)Oc3c(O)c(OC)cc(CO)c3[C@@](C)(O1)C2=O. The summed E-state index contributed by atoms with van der Waals surface area (Å²) in [6.07, 6.45) is 0. The van der Waals surface area contributed by atoms with Crippen LogP contribution in [-0.4, -0.2) is 40.4 Å². The predicted molar refractivity (Wildman–Crippen MR) is 97.7 cm³/mol. The number of aliphatic hydroxyl groups excluding tert-OH is 1. The van der Waals surface area contributed by atoms with Crippen molar-refractivity contribution in [3.05, 3.63) is 34.4 Å². The average molecular weight is 404 g/mol. The van der Waals surface area contributed by atoms with Gasteiger partial charge in [0, 0.05) is 18.1 Å². The van der Waals surface area contributed by atoms with Gasteiger partial charge in [0.25, 0.3) is 0 Å². The highest BCUT2D eigenvalue weighted by Crippen LogP contribution is 2.60. The summed E-state index contributed by atoms with van der Waals surface area (Å²) < 4.78 is 22.1. The number of aliphatic hydroxyl groups is 1. The summed E-state index contributed by atoms with van der Waals surface area (Å²) in [4.78, 5) is 13.5. The number of phenolic OH excluding ortho intramolecular Hbond substituents is 3. The van der Waals surface area contributed by atoms with Gasteiger partial charge in [0.2, 0.25) is 17.3 Å². The summed E-state index contributed by atoms with van der Waals surface area (Å²) in [5, 5.41) is 41.3. The lowest BCUT2D eigenvalue weighted by molar-refractivity contribution is -0.255. The van der Waals surface area contributed by atoms with Crippen LogP contribution < -0.4 is 14.2 Å². The van der Waals surface area contributed by atoms with Crippen LogP contribution in [-0.2, 0) is 22.7 Å². The highest BCUT2D eigenvalue weighted by atomic mass is 16.7. The first kappa shape index (κ1) is 19.2. The zero-order valence-electron chi connectivity index (χ0n) is 16.2. The summed E-state index contributed by atoms with van der Waals surface area (Å²) in [5.41, 5.74) is -1.31. The number of carbonyl (C=O) groups excluding carboxylic acids is 1. The molecule has 2 atom stereocenters. The van der Waals surface area contributed by atoms with Crippen LogP contribution in [0.1, 0.15) is 40.9 Å². The van der Waals surface area contributed by atoms with E-state index >= 15 is 0 Å². The van der Waals surface area contributed by atoms with Gasteiger partial charge in [0.05, 0.1) is 26.4 Å². The van der Waals surface area contributed by atoms with Gasteiger partial charge in [-0.25, -0.2) is 0 Å². The molecule has 2 aromatic rings. The molecular formula is C20H20O9. The lowest BCUT2D eigenvalue weighted by Gasteiger charge is -2.49. The maximum absolute atomic E-state index is 13.5. The summed E-state index contributed by atoms with van der Waals surface area (Å²) in [7, 11) is 2.62. The van der Waals surface area contributed by atoms with Crippen LogP contribution in [0.3, 0.4) is 0 Å². The number of Topliss-reactive ketones (excluding diaryl/α,β-unsaturated/α-hetero) is 1. The second-order valence-electron chi connectivity index (χ2n) is 7.16. The fourth-order valence-corrected chi connectivity index (χ4v) is 4.18. The van der Waals surface area contributed by atoms with Gasteiger partial charge in [-0.3, -0.25) is 4.79 Å². The number of fused-ring (bicyclic) bond motifs is 6. The maximum atomic E-state index is 13.5. The number of hydrogen-bond acceptors (Lipinski definition) is 9. The predicted octanol–water partition coefficient (Wildman–Crippen LogP) is 2.01. The fourth-order valence-electron chi connectivity index (χ4n) is 4.18. The second kappa shape index (κ2) is 5.91. The molecule has 4 rings (SSSR count). The first-order chi connectivity index (χ1) is 13.6. The van der Waals surface area contributed by atoms with Gasteiger partial charge in [-0.05, 0) is 24.6 Å². The fraction of sp³-hybridized carbons (Fsp3) is 0.350. The van der Waals surface area contributed by atoms with Crippen molar-refractivity contribution in [2.75, 3.05) is 14.2 Å². The minimum atomic E-state index is -1.74. The molecule has 0 fully saturated rings. The number of carbonyl (C=O) groups is 1. The van der Waals surface area contributed by atoms with Crippen molar-refractivity contribution in [3.63, 3.8) is 0 Å². The number of rotatable bonds is 3. The van der Waals surface area contributed by atoms with E-state index in [4.69, 9.17) is 18.9 Å². The molecule has 2 heterocycles. The summed E-state index contributed by atoms with van der Waals surface area (Å²) in [5.74, 6) is -4.07. The molecule has 0 unspecified atom stereocenters.